The average molecular weight is 311 g/mol. The number of carbonyl (C=O) groups is 2. The summed E-state index contributed by atoms with van der Waals surface area (Å²) in [7, 11) is 6.28. The highest BCUT2D eigenvalue weighted by Gasteiger charge is 2.19. The minimum Gasteiger partial charge on any atom is -0.493 e. The minimum atomic E-state index is -0.659. The summed E-state index contributed by atoms with van der Waals surface area (Å²) in [4.78, 5) is 23.9. The average Bonchev–Trinajstić information content (AvgIpc) is 2.46. The second kappa shape index (κ2) is 8.08. The Hall–Kier alpha value is -2.48. The molecule has 1 aromatic rings. The zero-order valence-electron chi connectivity index (χ0n) is 13.4. The van der Waals surface area contributed by atoms with Crippen molar-refractivity contribution in [2.24, 2.45) is 0 Å². The Balaban J connectivity index is 3.24. The maximum atomic E-state index is 12.2. The van der Waals surface area contributed by atoms with Crippen molar-refractivity contribution >= 4 is 17.7 Å². The Morgan fingerprint density at radius 3 is 2.23 bits per heavy atom. The van der Waals surface area contributed by atoms with E-state index in [-0.39, 0.29) is 17.9 Å². The monoisotopic (exact) mass is 311 g/mol. The molecule has 0 aliphatic rings. The van der Waals surface area contributed by atoms with Crippen LogP contribution in [0, 0.1) is 0 Å². The molecule has 2 N–H and O–H groups in total. The quantitative estimate of drug-likeness (QED) is 0.774. The summed E-state index contributed by atoms with van der Waals surface area (Å²) < 4.78 is 15.2. The van der Waals surface area contributed by atoms with Gasteiger partial charge in [0.05, 0.1) is 32.1 Å². The first-order chi connectivity index (χ1) is 10.4. The standard InChI is InChI=1S/C14H21N3O5/c1-6-22-14(19)15-10-8-12(21-5)11(20-4)7-9(10)13(18)16-17(2)3/h7-8H,6H2,1-5H3,(H,15,19)(H,16,18). The van der Waals surface area contributed by atoms with Crippen LogP contribution in [0.15, 0.2) is 12.1 Å². The van der Waals surface area contributed by atoms with Gasteiger partial charge in [0.25, 0.3) is 5.91 Å². The second-order valence-corrected chi connectivity index (χ2v) is 4.43. The Kier molecular flexibility index (Phi) is 6.46. The molecule has 0 saturated heterocycles. The highest BCUT2D eigenvalue weighted by molar-refractivity contribution is 6.03. The van der Waals surface area contributed by atoms with Crippen molar-refractivity contribution in [3.8, 4) is 11.5 Å². The second-order valence-electron chi connectivity index (χ2n) is 4.43. The zero-order valence-corrected chi connectivity index (χ0v) is 13.4. The number of anilines is 1. The van der Waals surface area contributed by atoms with E-state index in [1.807, 2.05) is 0 Å². The molecule has 1 aromatic carbocycles. The molecule has 0 heterocycles. The first-order valence-corrected chi connectivity index (χ1v) is 6.61. The van der Waals surface area contributed by atoms with Crippen LogP contribution in [-0.4, -0.2) is 51.9 Å². The van der Waals surface area contributed by atoms with E-state index in [1.165, 1.54) is 31.4 Å². The lowest BCUT2D eigenvalue weighted by molar-refractivity contribution is 0.0857. The van der Waals surface area contributed by atoms with Crippen molar-refractivity contribution in [3.63, 3.8) is 0 Å². The third kappa shape index (κ3) is 4.52. The molecule has 0 aliphatic heterocycles. The number of hydrogen-bond donors (Lipinski definition) is 2. The fourth-order valence-electron chi connectivity index (χ4n) is 1.71. The van der Waals surface area contributed by atoms with Gasteiger partial charge in [0.15, 0.2) is 11.5 Å². The van der Waals surface area contributed by atoms with Gasteiger partial charge in [-0.25, -0.2) is 9.80 Å². The molecule has 0 bridgehead atoms. The molecule has 0 aliphatic carbocycles. The largest absolute Gasteiger partial charge is 0.493 e. The van der Waals surface area contributed by atoms with Crippen LogP contribution in [0.5, 0.6) is 11.5 Å². The molecule has 8 nitrogen and oxygen atoms in total. The molecule has 1 rings (SSSR count). The summed E-state index contributed by atoms with van der Waals surface area (Å²) in [5.74, 6) is 0.356. The molecular formula is C14H21N3O5. The van der Waals surface area contributed by atoms with Crippen LogP contribution in [0.4, 0.5) is 10.5 Å². The normalized spacial score (nSPS) is 10.1. The maximum Gasteiger partial charge on any atom is 0.411 e. The summed E-state index contributed by atoms with van der Waals surface area (Å²) in [6.07, 6.45) is -0.659. The van der Waals surface area contributed by atoms with Gasteiger partial charge in [0.2, 0.25) is 0 Å². The van der Waals surface area contributed by atoms with E-state index in [9.17, 15) is 9.59 Å². The SMILES string of the molecule is CCOC(=O)Nc1cc(OC)c(OC)cc1C(=O)NN(C)C. The van der Waals surface area contributed by atoms with Crippen molar-refractivity contribution in [1.82, 2.24) is 10.4 Å². The molecule has 0 unspecified atom stereocenters. The molecule has 0 fully saturated rings. The highest BCUT2D eigenvalue weighted by Crippen LogP contribution is 2.33. The first kappa shape index (κ1) is 17.6. The maximum absolute atomic E-state index is 12.2. The summed E-state index contributed by atoms with van der Waals surface area (Å²) in [6.45, 7) is 1.91. The Labute approximate surface area is 129 Å². The molecular weight excluding hydrogens is 290 g/mol. The van der Waals surface area contributed by atoms with Gasteiger partial charge in [-0.15, -0.1) is 0 Å². The number of amides is 2. The van der Waals surface area contributed by atoms with Crippen LogP contribution >= 0.6 is 0 Å². The van der Waals surface area contributed by atoms with Gasteiger partial charge >= 0.3 is 6.09 Å². The number of ether oxygens (including phenoxy) is 3. The number of hydrogen-bond acceptors (Lipinski definition) is 6. The zero-order chi connectivity index (χ0) is 16.7. The van der Waals surface area contributed by atoms with Crippen LogP contribution in [0.1, 0.15) is 17.3 Å². The van der Waals surface area contributed by atoms with Gasteiger partial charge in [-0.1, -0.05) is 0 Å². The predicted molar refractivity (Wildman–Crippen MR) is 81.3 cm³/mol. The molecule has 22 heavy (non-hydrogen) atoms. The van der Waals surface area contributed by atoms with Crippen LogP contribution in [0.25, 0.3) is 0 Å². The lowest BCUT2D eigenvalue weighted by atomic mass is 10.1. The van der Waals surface area contributed by atoms with E-state index < -0.39 is 12.0 Å². The Bertz CT molecular complexity index is 546. The predicted octanol–water partition coefficient (Wildman–Crippen LogP) is 1.48. The molecule has 122 valence electrons. The molecule has 2 amide bonds. The number of hydrazine groups is 1. The van der Waals surface area contributed by atoms with E-state index in [2.05, 4.69) is 10.7 Å². The molecule has 8 heteroatoms. The van der Waals surface area contributed by atoms with E-state index >= 15 is 0 Å². The van der Waals surface area contributed by atoms with Crippen LogP contribution < -0.4 is 20.2 Å². The van der Waals surface area contributed by atoms with Crippen LogP contribution in [0.3, 0.4) is 0 Å². The number of carbonyl (C=O) groups excluding carboxylic acids is 2. The first-order valence-electron chi connectivity index (χ1n) is 6.61. The number of benzene rings is 1. The van der Waals surface area contributed by atoms with Crippen molar-refractivity contribution in [1.29, 1.82) is 0 Å². The lowest BCUT2D eigenvalue weighted by Gasteiger charge is -2.17. The van der Waals surface area contributed by atoms with Crippen LogP contribution in [-0.2, 0) is 4.74 Å². The van der Waals surface area contributed by atoms with E-state index in [0.717, 1.165) is 0 Å². The molecule has 0 aromatic heterocycles. The van der Waals surface area contributed by atoms with Gasteiger partial charge in [0.1, 0.15) is 0 Å². The van der Waals surface area contributed by atoms with Crippen molar-refractivity contribution in [2.45, 2.75) is 6.92 Å². The molecule has 0 spiro atoms. The Morgan fingerprint density at radius 2 is 1.73 bits per heavy atom. The van der Waals surface area contributed by atoms with E-state index in [0.29, 0.717) is 11.5 Å². The summed E-state index contributed by atoms with van der Waals surface area (Å²) in [6, 6.07) is 2.99. The fraction of sp³-hybridized carbons (Fsp3) is 0.429. The third-order valence-corrected chi connectivity index (χ3v) is 2.61. The van der Waals surface area contributed by atoms with Gasteiger partial charge in [-0.3, -0.25) is 15.5 Å². The number of nitrogens with one attached hydrogen (secondary N) is 2. The third-order valence-electron chi connectivity index (χ3n) is 2.61. The van der Waals surface area contributed by atoms with E-state index in [4.69, 9.17) is 14.2 Å². The highest BCUT2D eigenvalue weighted by atomic mass is 16.5. The molecule has 0 saturated carbocycles. The smallest absolute Gasteiger partial charge is 0.411 e. The van der Waals surface area contributed by atoms with Gasteiger partial charge in [0, 0.05) is 20.2 Å². The topological polar surface area (TPSA) is 89.1 Å². The number of methoxy groups -OCH3 is 2. The van der Waals surface area contributed by atoms with Crippen molar-refractivity contribution in [3.05, 3.63) is 17.7 Å². The van der Waals surface area contributed by atoms with Crippen molar-refractivity contribution < 1.29 is 23.8 Å². The summed E-state index contributed by atoms with van der Waals surface area (Å²) in [5.41, 5.74) is 3.08. The molecule has 0 atom stereocenters. The lowest BCUT2D eigenvalue weighted by Crippen LogP contribution is -2.36. The van der Waals surface area contributed by atoms with E-state index in [1.54, 1.807) is 21.0 Å². The van der Waals surface area contributed by atoms with Crippen LogP contribution in [0.2, 0.25) is 0 Å². The molecule has 0 radical (unpaired) electrons. The van der Waals surface area contributed by atoms with Gasteiger partial charge in [-0.05, 0) is 13.0 Å². The minimum absolute atomic E-state index is 0.221. The Morgan fingerprint density at radius 1 is 1.14 bits per heavy atom. The van der Waals surface area contributed by atoms with Gasteiger partial charge < -0.3 is 14.2 Å². The number of rotatable bonds is 6. The number of nitrogens with zero attached hydrogens (tertiary/aromatic N) is 1. The summed E-state index contributed by atoms with van der Waals surface area (Å²) >= 11 is 0. The van der Waals surface area contributed by atoms with Crippen molar-refractivity contribution in [2.75, 3.05) is 40.2 Å². The fourth-order valence-corrected chi connectivity index (χ4v) is 1.71. The van der Waals surface area contributed by atoms with Gasteiger partial charge in [-0.2, -0.15) is 0 Å². The summed E-state index contributed by atoms with van der Waals surface area (Å²) in [5, 5.41) is 4.01.